The maximum absolute atomic E-state index is 12.2. The molecule has 0 aromatic heterocycles. The minimum absolute atomic E-state index is 0.317. The highest BCUT2D eigenvalue weighted by molar-refractivity contribution is 6.87. The normalized spacial score (nSPS) is 13.8. The molecule has 0 aromatic carbocycles. The van der Waals surface area contributed by atoms with Gasteiger partial charge in [-0.2, -0.15) is 0 Å². The van der Waals surface area contributed by atoms with Crippen LogP contribution in [0.3, 0.4) is 0 Å². The summed E-state index contributed by atoms with van der Waals surface area (Å²) in [5.41, 5.74) is 2.45. The van der Waals surface area contributed by atoms with Gasteiger partial charge in [-0.3, -0.25) is 0 Å². The molecule has 0 bridgehead atoms. The van der Waals surface area contributed by atoms with Crippen molar-refractivity contribution in [1.29, 1.82) is 0 Å². The molecule has 4 nitrogen and oxygen atoms in total. The predicted molar refractivity (Wildman–Crippen MR) is 96.1 cm³/mol. The van der Waals surface area contributed by atoms with Crippen LogP contribution in [-0.2, 0) is 19.1 Å². The summed E-state index contributed by atoms with van der Waals surface area (Å²) in [5.74, 6) is -0.697. The minimum Gasteiger partial charge on any atom is -0.463 e. The summed E-state index contributed by atoms with van der Waals surface area (Å²) in [4.78, 5) is 24.5. The van der Waals surface area contributed by atoms with Crippen LogP contribution in [0.5, 0.6) is 0 Å². The largest absolute Gasteiger partial charge is 0.463 e. The van der Waals surface area contributed by atoms with Gasteiger partial charge in [0.15, 0.2) is 0 Å². The Hall–Kier alpha value is -1.15. The number of esters is 2. The molecule has 0 amide bonds. The quantitative estimate of drug-likeness (QED) is 0.306. The Morgan fingerprint density at radius 3 is 1.68 bits per heavy atom. The molecule has 126 valence electrons. The molecule has 0 saturated carbocycles. The zero-order valence-electron chi connectivity index (χ0n) is 15.2. The first-order valence-corrected chi connectivity index (χ1v) is 14.8. The number of ether oxygens (including phenoxy) is 2. The zero-order chi connectivity index (χ0) is 17.6. The second-order valence-electron chi connectivity index (χ2n) is 7.21. The molecule has 0 aromatic rings. The van der Waals surface area contributed by atoms with Gasteiger partial charge in [-0.1, -0.05) is 45.0 Å². The molecule has 22 heavy (non-hydrogen) atoms. The first-order chi connectivity index (χ1) is 9.92. The molecule has 0 N–H and O–H groups in total. The molecule has 0 unspecified atom stereocenters. The Labute approximate surface area is 136 Å². The standard InChI is InChI=1S/C16H30O4Si2/c1-9-19-15(17)13(12-21(3,4)5)11-14(22(6,7)8)16(18)20-10-2/h11-12H,9-10H2,1-8H3/b13-12-,14-11-. The third-order valence-electron chi connectivity index (χ3n) is 2.70. The molecule has 0 atom stereocenters. The van der Waals surface area contributed by atoms with Crippen LogP contribution in [-0.4, -0.2) is 41.3 Å². The highest BCUT2D eigenvalue weighted by Crippen LogP contribution is 2.20. The first kappa shape index (κ1) is 20.9. The van der Waals surface area contributed by atoms with E-state index in [4.69, 9.17) is 9.47 Å². The van der Waals surface area contributed by atoms with Crippen LogP contribution in [0.2, 0.25) is 39.3 Å². The lowest BCUT2D eigenvalue weighted by atomic mass is 10.3. The lowest BCUT2D eigenvalue weighted by molar-refractivity contribution is -0.138. The van der Waals surface area contributed by atoms with E-state index in [2.05, 4.69) is 39.3 Å². The Bertz CT molecular complexity index is 466. The van der Waals surface area contributed by atoms with Crippen molar-refractivity contribution in [2.45, 2.75) is 53.1 Å². The Morgan fingerprint density at radius 1 is 0.864 bits per heavy atom. The smallest absolute Gasteiger partial charge is 0.337 e. The van der Waals surface area contributed by atoms with Crippen LogP contribution < -0.4 is 0 Å². The van der Waals surface area contributed by atoms with Gasteiger partial charge in [-0.15, -0.1) is 0 Å². The Kier molecular flexibility index (Phi) is 8.04. The van der Waals surface area contributed by atoms with Crippen molar-refractivity contribution in [2.75, 3.05) is 13.2 Å². The summed E-state index contributed by atoms with van der Waals surface area (Å²) in [7, 11) is -3.58. The van der Waals surface area contributed by atoms with Gasteiger partial charge in [0.25, 0.3) is 0 Å². The average molecular weight is 343 g/mol. The summed E-state index contributed by atoms with van der Waals surface area (Å²) in [6, 6.07) is 0. The van der Waals surface area contributed by atoms with Crippen LogP contribution in [0.1, 0.15) is 13.8 Å². The van der Waals surface area contributed by atoms with E-state index in [0.717, 1.165) is 0 Å². The molecule has 0 aliphatic rings. The van der Waals surface area contributed by atoms with Gasteiger partial charge < -0.3 is 9.47 Å². The maximum Gasteiger partial charge on any atom is 0.337 e. The van der Waals surface area contributed by atoms with E-state index in [9.17, 15) is 9.59 Å². The Morgan fingerprint density at radius 2 is 1.32 bits per heavy atom. The van der Waals surface area contributed by atoms with Crippen molar-refractivity contribution in [3.63, 3.8) is 0 Å². The SMILES string of the molecule is CCOC(=O)C(=C\[Si](C)(C)C)/C=C(/C(=O)OCC)[Si](C)(C)C. The van der Waals surface area contributed by atoms with Gasteiger partial charge in [0.2, 0.25) is 0 Å². The average Bonchev–Trinajstić information content (AvgIpc) is 2.31. The molecule has 0 radical (unpaired) electrons. The molecule has 0 fully saturated rings. The minimum atomic E-state index is -1.94. The van der Waals surface area contributed by atoms with Crippen molar-refractivity contribution in [1.82, 2.24) is 0 Å². The van der Waals surface area contributed by atoms with Crippen LogP contribution in [0, 0.1) is 0 Å². The predicted octanol–water partition coefficient (Wildman–Crippen LogP) is 3.72. The topological polar surface area (TPSA) is 52.6 Å². The van der Waals surface area contributed by atoms with Gasteiger partial charge in [-0.25, -0.2) is 9.59 Å². The summed E-state index contributed by atoms with van der Waals surface area (Å²) >= 11 is 0. The molecule has 0 spiro atoms. The fraction of sp³-hybridized carbons (Fsp3) is 0.625. The Balaban J connectivity index is 5.93. The lowest BCUT2D eigenvalue weighted by Gasteiger charge is -2.20. The summed E-state index contributed by atoms with van der Waals surface area (Å²) in [6.45, 7) is 16.8. The summed E-state index contributed by atoms with van der Waals surface area (Å²) in [6.07, 6.45) is 1.69. The van der Waals surface area contributed by atoms with E-state index in [1.54, 1.807) is 19.9 Å². The van der Waals surface area contributed by atoms with Crippen molar-refractivity contribution < 1.29 is 19.1 Å². The maximum atomic E-state index is 12.2. The zero-order valence-corrected chi connectivity index (χ0v) is 17.2. The summed E-state index contributed by atoms with van der Waals surface area (Å²) < 4.78 is 10.3. The molecule has 0 aliphatic carbocycles. The number of carbonyl (C=O) groups excluding carboxylic acids is 2. The number of hydrogen-bond acceptors (Lipinski definition) is 4. The molecular formula is C16H30O4Si2. The van der Waals surface area contributed by atoms with Crippen LogP contribution >= 0.6 is 0 Å². The van der Waals surface area contributed by atoms with Gasteiger partial charge in [-0.05, 0) is 19.9 Å². The first-order valence-electron chi connectivity index (χ1n) is 7.71. The fourth-order valence-corrected chi connectivity index (χ4v) is 4.19. The number of carbonyl (C=O) groups is 2. The van der Waals surface area contributed by atoms with Crippen LogP contribution in [0.25, 0.3) is 0 Å². The van der Waals surface area contributed by atoms with Crippen molar-refractivity contribution in [3.8, 4) is 0 Å². The second-order valence-corrected chi connectivity index (χ2v) is 17.3. The number of rotatable bonds is 7. The van der Waals surface area contributed by atoms with Gasteiger partial charge in [0.05, 0.1) is 34.9 Å². The molecule has 0 rings (SSSR count). The van der Waals surface area contributed by atoms with E-state index in [-0.39, 0.29) is 11.9 Å². The molecule has 6 heteroatoms. The highest BCUT2D eigenvalue weighted by Gasteiger charge is 2.28. The van der Waals surface area contributed by atoms with Crippen molar-refractivity contribution >= 4 is 28.1 Å². The molecular weight excluding hydrogens is 312 g/mol. The van der Waals surface area contributed by atoms with E-state index >= 15 is 0 Å². The van der Waals surface area contributed by atoms with E-state index < -0.39 is 16.1 Å². The van der Waals surface area contributed by atoms with Gasteiger partial charge in [0, 0.05) is 5.20 Å². The van der Waals surface area contributed by atoms with E-state index in [1.165, 1.54) is 0 Å². The van der Waals surface area contributed by atoms with Crippen LogP contribution in [0.15, 0.2) is 22.5 Å². The van der Waals surface area contributed by atoms with Crippen molar-refractivity contribution in [2.24, 2.45) is 0 Å². The second kappa shape index (κ2) is 8.48. The third-order valence-corrected chi connectivity index (χ3v) is 5.84. The lowest BCUT2D eigenvalue weighted by Crippen LogP contribution is -2.31. The molecule has 0 aliphatic heterocycles. The van der Waals surface area contributed by atoms with Crippen LogP contribution in [0.4, 0.5) is 0 Å². The van der Waals surface area contributed by atoms with E-state index in [0.29, 0.717) is 24.0 Å². The highest BCUT2D eigenvalue weighted by atomic mass is 28.3. The van der Waals surface area contributed by atoms with Gasteiger partial charge >= 0.3 is 11.9 Å². The number of hydrogen-bond donors (Lipinski definition) is 0. The van der Waals surface area contributed by atoms with Crippen molar-refractivity contribution in [3.05, 3.63) is 22.5 Å². The third kappa shape index (κ3) is 7.75. The summed E-state index contributed by atoms with van der Waals surface area (Å²) in [5, 5.41) is 0.618. The monoisotopic (exact) mass is 342 g/mol. The molecule has 0 saturated heterocycles. The fourth-order valence-electron chi connectivity index (χ4n) is 1.79. The molecule has 0 heterocycles. The van der Waals surface area contributed by atoms with E-state index in [1.807, 2.05) is 5.70 Å². The van der Waals surface area contributed by atoms with Gasteiger partial charge in [0.1, 0.15) is 0 Å².